The van der Waals surface area contributed by atoms with Crippen LogP contribution >= 0.6 is 0 Å². The molecular weight excluding hydrogens is 320 g/mol. The predicted molar refractivity (Wildman–Crippen MR) is 93.1 cm³/mol. The zero-order chi connectivity index (χ0) is 17.1. The third-order valence-corrected chi connectivity index (χ3v) is 4.08. The maximum absolute atomic E-state index is 12.5. The molecule has 25 heavy (non-hydrogen) atoms. The molecule has 1 aliphatic rings. The van der Waals surface area contributed by atoms with Crippen LogP contribution in [0.2, 0.25) is 0 Å². The fourth-order valence-corrected chi connectivity index (χ4v) is 2.79. The van der Waals surface area contributed by atoms with Crippen LogP contribution in [0.25, 0.3) is 5.65 Å². The molecule has 3 aromatic rings. The lowest BCUT2D eigenvalue weighted by atomic mass is 10.3. The maximum Gasteiger partial charge on any atom is 0.260 e. The zero-order valence-corrected chi connectivity index (χ0v) is 13.7. The van der Waals surface area contributed by atoms with E-state index in [1.165, 1.54) is 4.40 Å². The molecule has 0 aliphatic carbocycles. The Morgan fingerprint density at radius 2 is 2.04 bits per heavy atom. The minimum Gasteiger partial charge on any atom is -0.483 e. The van der Waals surface area contributed by atoms with Gasteiger partial charge < -0.3 is 14.4 Å². The first-order valence-corrected chi connectivity index (χ1v) is 8.19. The summed E-state index contributed by atoms with van der Waals surface area (Å²) in [5.41, 5.74) is 1.19. The monoisotopic (exact) mass is 338 g/mol. The molecule has 4 rings (SSSR count). The van der Waals surface area contributed by atoms with Crippen molar-refractivity contribution in [1.29, 1.82) is 0 Å². The molecule has 0 aromatic carbocycles. The first kappa shape index (κ1) is 15.6. The average molecular weight is 338 g/mol. The summed E-state index contributed by atoms with van der Waals surface area (Å²) in [5.74, 6) is 1.21. The largest absolute Gasteiger partial charge is 0.483 e. The second-order valence-corrected chi connectivity index (χ2v) is 5.73. The van der Waals surface area contributed by atoms with Crippen molar-refractivity contribution in [1.82, 2.24) is 14.4 Å². The maximum atomic E-state index is 12.5. The van der Waals surface area contributed by atoms with Crippen molar-refractivity contribution in [2.45, 2.75) is 6.61 Å². The molecule has 0 spiro atoms. The Hall–Kier alpha value is -2.93. The highest BCUT2D eigenvalue weighted by molar-refractivity contribution is 5.57. The van der Waals surface area contributed by atoms with Crippen molar-refractivity contribution >= 4 is 11.5 Å². The molecular formula is C18H18N4O3. The molecule has 0 unspecified atom stereocenters. The van der Waals surface area contributed by atoms with Gasteiger partial charge in [0.25, 0.3) is 5.56 Å². The number of rotatable bonds is 4. The topological polar surface area (TPSA) is 69.0 Å². The minimum absolute atomic E-state index is 0.130. The van der Waals surface area contributed by atoms with Gasteiger partial charge in [0.05, 0.1) is 18.9 Å². The van der Waals surface area contributed by atoms with Crippen LogP contribution in [0.1, 0.15) is 5.69 Å². The van der Waals surface area contributed by atoms with E-state index < -0.39 is 0 Å². The molecule has 1 fully saturated rings. The van der Waals surface area contributed by atoms with E-state index in [9.17, 15) is 4.79 Å². The fraction of sp³-hybridized carbons (Fsp3) is 0.278. The fourth-order valence-electron chi connectivity index (χ4n) is 2.79. The molecule has 4 heterocycles. The van der Waals surface area contributed by atoms with Gasteiger partial charge in [-0.25, -0.2) is 4.98 Å². The van der Waals surface area contributed by atoms with Crippen molar-refractivity contribution in [3.05, 3.63) is 64.8 Å². The molecule has 1 aliphatic heterocycles. The van der Waals surface area contributed by atoms with E-state index in [1.54, 1.807) is 24.5 Å². The summed E-state index contributed by atoms with van der Waals surface area (Å²) in [6.45, 7) is 3.04. The summed E-state index contributed by atoms with van der Waals surface area (Å²) in [6, 6.07) is 10.8. The van der Waals surface area contributed by atoms with Crippen LogP contribution in [0.4, 0.5) is 5.82 Å². The first-order chi connectivity index (χ1) is 12.3. The number of pyridine rings is 2. The number of anilines is 1. The summed E-state index contributed by atoms with van der Waals surface area (Å²) in [7, 11) is 0. The Kier molecular flexibility index (Phi) is 4.30. The summed E-state index contributed by atoms with van der Waals surface area (Å²) < 4.78 is 12.7. The molecule has 0 N–H and O–H groups in total. The van der Waals surface area contributed by atoms with Crippen LogP contribution < -0.4 is 15.2 Å². The molecule has 1 saturated heterocycles. The Balaban J connectivity index is 1.68. The van der Waals surface area contributed by atoms with E-state index in [-0.39, 0.29) is 5.56 Å². The molecule has 0 amide bonds. The van der Waals surface area contributed by atoms with Gasteiger partial charge in [0.2, 0.25) is 0 Å². The van der Waals surface area contributed by atoms with Gasteiger partial charge in [-0.1, -0.05) is 6.07 Å². The van der Waals surface area contributed by atoms with E-state index in [1.807, 2.05) is 24.3 Å². The number of hydrogen-bond acceptors (Lipinski definition) is 6. The van der Waals surface area contributed by atoms with E-state index in [0.29, 0.717) is 37.0 Å². The Morgan fingerprint density at radius 3 is 2.84 bits per heavy atom. The van der Waals surface area contributed by atoms with E-state index >= 15 is 0 Å². The summed E-state index contributed by atoms with van der Waals surface area (Å²) >= 11 is 0. The zero-order valence-electron chi connectivity index (χ0n) is 13.7. The standard InChI is InChI=1S/C18H18N4O3/c23-17-12-16(21-8-10-24-11-9-21)20-18-15(5-3-7-22(17)18)25-13-14-4-1-2-6-19-14/h1-7,12H,8-11,13H2. The second kappa shape index (κ2) is 6.90. The number of nitrogens with zero attached hydrogens (tertiary/aromatic N) is 4. The SMILES string of the molecule is O=c1cc(N2CCOCC2)nc2c(OCc3ccccn3)cccn12. The van der Waals surface area contributed by atoms with Gasteiger partial charge in [0.15, 0.2) is 11.4 Å². The van der Waals surface area contributed by atoms with Gasteiger partial charge in [-0.15, -0.1) is 0 Å². The summed E-state index contributed by atoms with van der Waals surface area (Å²) in [4.78, 5) is 23.4. The van der Waals surface area contributed by atoms with Gasteiger partial charge in [0, 0.05) is 31.5 Å². The van der Waals surface area contributed by atoms with Gasteiger partial charge in [-0.2, -0.15) is 0 Å². The smallest absolute Gasteiger partial charge is 0.260 e. The molecule has 0 radical (unpaired) electrons. The van der Waals surface area contributed by atoms with Crippen molar-refractivity contribution in [3.8, 4) is 5.75 Å². The van der Waals surface area contributed by atoms with Crippen LogP contribution in [0.5, 0.6) is 5.75 Å². The summed E-state index contributed by atoms with van der Waals surface area (Å²) in [5, 5.41) is 0. The van der Waals surface area contributed by atoms with Crippen molar-refractivity contribution in [2.24, 2.45) is 0 Å². The number of ether oxygens (including phenoxy) is 2. The highest BCUT2D eigenvalue weighted by Gasteiger charge is 2.15. The number of hydrogen-bond donors (Lipinski definition) is 0. The number of morpholine rings is 1. The lowest BCUT2D eigenvalue weighted by molar-refractivity contribution is 0.122. The lowest BCUT2D eigenvalue weighted by Crippen LogP contribution is -2.37. The summed E-state index contributed by atoms with van der Waals surface area (Å²) in [6.07, 6.45) is 3.42. The van der Waals surface area contributed by atoms with Gasteiger partial charge in [-0.3, -0.25) is 14.2 Å². The van der Waals surface area contributed by atoms with Crippen LogP contribution in [-0.2, 0) is 11.3 Å². The van der Waals surface area contributed by atoms with Crippen LogP contribution in [0.15, 0.2) is 53.6 Å². The van der Waals surface area contributed by atoms with E-state index in [4.69, 9.17) is 9.47 Å². The average Bonchev–Trinajstić information content (AvgIpc) is 2.68. The Labute approximate surface area is 144 Å². The predicted octanol–water partition coefficient (Wildman–Crippen LogP) is 1.51. The van der Waals surface area contributed by atoms with Crippen molar-refractivity contribution in [3.63, 3.8) is 0 Å². The number of fused-ring (bicyclic) bond motifs is 1. The van der Waals surface area contributed by atoms with Crippen molar-refractivity contribution < 1.29 is 9.47 Å². The Morgan fingerprint density at radius 1 is 1.16 bits per heavy atom. The van der Waals surface area contributed by atoms with Gasteiger partial charge in [0.1, 0.15) is 12.4 Å². The van der Waals surface area contributed by atoms with E-state index in [2.05, 4.69) is 14.9 Å². The highest BCUT2D eigenvalue weighted by atomic mass is 16.5. The number of aromatic nitrogens is 3. The second-order valence-electron chi connectivity index (χ2n) is 5.73. The minimum atomic E-state index is -0.130. The Bertz CT molecular complexity index is 921. The van der Waals surface area contributed by atoms with Gasteiger partial charge in [-0.05, 0) is 24.3 Å². The normalized spacial score (nSPS) is 14.6. The van der Waals surface area contributed by atoms with Crippen LogP contribution in [-0.4, -0.2) is 40.7 Å². The quantitative estimate of drug-likeness (QED) is 0.718. The third-order valence-electron chi connectivity index (χ3n) is 4.08. The van der Waals surface area contributed by atoms with Crippen LogP contribution in [0.3, 0.4) is 0 Å². The molecule has 0 atom stereocenters. The molecule has 0 bridgehead atoms. The van der Waals surface area contributed by atoms with Gasteiger partial charge >= 0.3 is 0 Å². The highest BCUT2D eigenvalue weighted by Crippen LogP contribution is 2.20. The third kappa shape index (κ3) is 3.32. The lowest BCUT2D eigenvalue weighted by Gasteiger charge is -2.27. The van der Waals surface area contributed by atoms with Crippen LogP contribution in [0, 0.1) is 0 Å². The molecule has 128 valence electrons. The van der Waals surface area contributed by atoms with Crippen molar-refractivity contribution in [2.75, 3.05) is 31.2 Å². The molecule has 3 aromatic heterocycles. The molecule has 0 saturated carbocycles. The first-order valence-electron chi connectivity index (χ1n) is 8.19. The van der Waals surface area contributed by atoms with E-state index in [0.717, 1.165) is 18.8 Å². The molecule has 7 heteroatoms. The molecule has 7 nitrogen and oxygen atoms in total.